The maximum absolute atomic E-state index is 12.8. The van der Waals surface area contributed by atoms with E-state index in [4.69, 9.17) is 11.6 Å². The van der Waals surface area contributed by atoms with E-state index in [1.54, 1.807) is 23.5 Å². The fraction of sp³-hybridized carbons (Fsp3) is 0. The first-order valence-electron chi connectivity index (χ1n) is 5.04. The normalized spacial score (nSPS) is 10.9. The third-order valence-corrected chi connectivity index (χ3v) is 3.74. The highest BCUT2D eigenvalue weighted by Gasteiger charge is 2.06. The van der Waals surface area contributed by atoms with Crippen molar-refractivity contribution in [1.82, 2.24) is 4.98 Å². The van der Waals surface area contributed by atoms with Gasteiger partial charge in [0.2, 0.25) is 0 Å². The molecular formula is C13H7ClFNS. The molecule has 3 aromatic rings. The van der Waals surface area contributed by atoms with E-state index < -0.39 is 0 Å². The van der Waals surface area contributed by atoms with Gasteiger partial charge >= 0.3 is 0 Å². The highest BCUT2D eigenvalue weighted by molar-refractivity contribution is 7.21. The minimum Gasteiger partial charge on any atom is -0.236 e. The van der Waals surface area contributed by atoms with Crippen LogP contribution in [-0.2, 0) is 0 Å². The second-order valence-electron chi connectivity index (χ2n) is 3.64. The van der Waals surface area contributed by atoms with Gasteiger partial charge in [-0.2, -0.15) is 0 Å². The molecule has 1 nitrogen and oxygen atoms in total. The van der Waals surface area contributed by atoms with Crippen LogP contribution in [0.15, 0.2) is 42.5 Å². The lowest BCUT2D eigenvalue weighted by Crippen LogP contribution is -1.76. The van der Waals surface area contributed by atoms with Crippen molar-refractivity contribution < 1.29 is 4.39 Å². The number of rotatable bonds is 1. The molecule has 0 fully saturated rings. The molecule has 4 heteroatoms. The summed E-state index contributed by atoms with van der Waals surface area (Å²) in [6.45, 7) is 0. The molecule has 1 heterocycles. The molecule has 3 rings (SSSR count). The van der Waals surface area contributed by atoms with Crippen molar-refractivity contribution in [2.45, 2.75) is 0 Å². The van der Waals surface area contributed by atoms with E-state index in [2.05, 4.69) is 4.98 Å². The third kappa shape index (κ3) is 2.04. The molecule has 2 aromatic carbocycles. The Balaban J connectivity index is 2.14. The molecule has 1 aromatic heterocycles. The maximum atomic E-state index is 12.8. The van der Waals surface area contributed by atoms with Gasteiger partial charge in [-0.15, -0.1) is 11.3 Å². The van der Waals surface area contributed by atoms with E-state index in [1.807, 2.05) is 18.2 Å². The van der Waals surface area contributed by atoms with Crippen molar-refractivity contribution in [2.24, 2.45) is 0 Å². The van der Waals surface area contributed by atoms with Crippen LogP contribution in [0.4, 0.5) is 4.39 Å². The van der Waals surface area contributed by atoms with E-state index in [-0.39, 0.29) is 5.82 Å². The smallest absolute Gasteiger partial charge is 0.124 e. The molecule has 0 aliphatic heterocycles. The van der Waals surface area contributed by atoms with Crippen molar-refractivity contribution in [3.8, 4) is 10.6 Å². The molecule has 0 radical (unpaired) electrons. The van der Waals surface area contributed by atoms with Gasteiger partial charge in [-0.3, -0.25) is 0 Å². The molecule has 0 bridgehead atoms. The summed E-state index contributed by atoms with van der Waals surface area (Å²) in [7, 11) is 0. The Bertz CT molecular complexity index is 675. The summed E-state index contributed by atoms with van der Waals surface area (Å²) in [6.07, 6.45) is 0. The standard InChI is InChI=1S/C13H7ClFNS/c14-9-3-6-11-12(7-9)17-13(16-11)8-1-4-10(15)5-2-8/h1-7H. The predicted octanol–water partition coefficient (Wildman–Crippen LogP) is 4.76. The van der Waals surface area contributed by atoms with Gasteiger partial charge in [-0.25, -0.2) is 9.37 Å². The number of thiazole rings is 1. The van der Waals surface area contributed by atoms with Crippen LogP contribution in [0.5, 0.6) is 0 Å². The number of fused-ring (bicyclic) bond motifs is 1. The number of benzene rings is 2. The molecule has 0 saturated carbocycles. The molecule has 0 aliphatic rings. The lowest BCUT2D eigenvalue weighted by atomic mass is 10.2. The quantitative estimate of drug-likeness (QED) is 0.617. The summed E-state index contributed by atoms with van der Waals surface area (Å²) in [5.41, 5.74) is 1.84. The third-order valence-electron chi connectivity index (χ3n) is 2.44. The molecular weight excluding hydrogens is 257 g/mol. The van der Waals surface area contributed by atoms with Crippen LogP contribution in [0.3, 0.4) is 0 Å². The summed E-state index contributed by atoms with van der Waals surface area (Å²) >= 11 is 7.48. The lowest BCUT2D eigenvalue weighted by Gasteiger charge is -1.94. The van der Waals surface area contributed by atoms with Crippen molar-refractivity contribution in [1.29, 1.82) is 0 Å². The Morgan fingerprint density at radius 2 is 1.82 bits per heavy atom. The largest absolute Gasteiger partial charge is 0.236 e. The Kier molecular flexibility index (Phi) is 2.57. The number of aromatic nitrogens is 1. The van der Waals surface area contributed by atoms with E-state index in [0.29, 0.717) is 5.02 Å². The fourth-order valence-electron chi connectivity index (χ4n) is 1.61. The number of hydrogen-bond donors (Lipinski definition) is 0. The highest BCUT2D eigenvalue weighted by Crippen LogP contribution is 2.31. The first kappa shape index (κ1) is 10.7. The van der Waals surface area contributed by atoms with Crippen LogP contribution in [0, 0.1) is 5.82 Å². The van der Waals surface area contributed by atoms with Crippen LogP contribution in [0.1, 0.15) is 0 Å². The number of nitrogens with zero attached hydrogens (tertiary/aromatic N) is 1. The summed E-state index contributed by atoms with van der Waals surface area (Å²) in [5, 5.41) is 1.58. The van der Waals surface area contributed by atoms with Gasteiger partial charge in [0, 0.05) is 10.6 Å². The van der Waals surface area contributed by atoms with Crippen molar-refractivity contribution in [2.75, 3.05) is 0 Å². The number of halogens is 2. The summed E-state index contributed by atoms with van der Waals surface area (Å²) < 4.78 is 13.9. The average molecular weight is 264 g/mol. The van der Waals surface area contributed by atoms with E-state index in [9.17, 15) is 4.39 Å². The molecule has 0 amide bonds. The first-order valence-corrected chi connectivity index (χ1v) is 6.24. The second kappa shape index (κ2) is 4.09. The average Bonchev–Trinajstić information content (AvgIpc) is 2.72. The van der Waals surface area contributed by atoms with Crippen molar-refractivity contribution in [3.05, 3.63) is 53.3 Å². The van der Waals surface area contributed by atoms with E-state index in [0.717, 1.165) is 20.8 Å². The van der Waals surface area contributed by atoms with Gasteiger partial charge in [0.15, 0.2) is 0 Å². The molecule has 0 unspecified atom stereocenters. The summed E-state index contributed by atoms with van der Waals surface area (Å²) in [5.74, 6) is -0.238. The molecule has 0 atom stereocenters. The molecule has 0 spiro atoms. The van der Waals surface area contributed by atoms with Crippen LogP contribution in [0.25, 0.3) is 20.8 Å². The number of hydrogen-bond acceptors (Lipinski definition) is 2. The predicted molar refractivity (Wildman–Crippen MR) is 70.0 cm³/mol. The fourth-order valence-corrected chi connectivity index (χ4v) is 2.86. The molecule has 84 valence electrons. The summed E-state index contributed by atoms with van der Waals surface area (Å²) in [4.78, 5) is 4.49. The zero-order valence-corrected chi connectivity index (χ0v) is 10.2. The van der Waals surface area contributed by atoms with Crippen LogP contribution in [0.2, 0.25) is 5.02 Å². The SMILES string of the molecule is Fc1ccc(-c2nc3ccc(Cl)cc3s2)cc1. The van der Waals surface area contributed by atoms with Gasteiger partial charge in [0.25, 0.3) is 0 Å². The van der Waals surface area contributed by atoms with Gasteiger partial charge in [0.05, 0.1) is 10.2 Å². The van der Waals surface area contributed by atoms with Gasteiger partial charge in [-0.05, 0) is 42.5 Å². The summed E-state index contributed by atoms with van der Waals surface area (Å²) in [6, 6.07) is 11.9. The molecule has 17 heavy (non-hydrogen) atoms. The molecule has 0 saturated heterocycles. The van der Waals surface area contributed by atoms with Gasteiger partial charge < -0.3 is 0 Å². The molecule has 0 aliphatic carbocycles. The van der Waals surface area contributed by atoms with Crippen LogP contribution in [-0.4, -0.2) is 4.98 Å². The van der Waals surface area contributed by atoms with Crippen molar-refractivity contribution in [3.63, 3.8) is 0 Å². The first-order chi connectivity index (χ1) is 8.22. The highest BCUT2D eigenvalue weighted by atomic mass is 35.5. The van der Waals surface area contributed by atoms with E-state index >= 15 is 0 Å². The Morgan fingerprint density at radius 1 is 1.06 bits per heavy atom. The van der Waals surface area contributed by atoms with Gasteiger partial charge in [0.1, 0.15) is 10.8 Å². The van der Waals surface area contributed by atoms with Crippen molar-refractivity contribution >= 4 is 33.2 Å². The maximum Gasteiger partial charge on any atom is 0.124 e. The topological polar surface area (TPSA) is 12.9 Å². The zero-order chi connectivity index (χ0) is 11.8. The zero-order valence-electron chi connectivity index (χ0n) is 8.65. The minimum atomic E-state index is -0.238. The minimum absolute atomic E-state index is 0.238. The Morgan fingerprint density at radius 3 is 2.59 bits per heavy atom. The van der Waals surface area contributed by atoms with E-state index in [1.165, 1.54) is 12.1 Å². The molecule has 0 N–H and O–H groups in total. The monoisotopic (exact) mass is 263 g/mol. The lowest BCUT2D eigenvalue weighted by molar-refractivity contribution is 0.628. The Labute approximate surface area is 106 Å². The van der Waals surface area contributed by atoms with Crippen LogP contribution < -0.4 is 0 Å². The second-order valence-corrected chi connectivity index (χ2v) is 5.11. The van der Waals surface area contributed by atoms with Gasteiger partial charge in [-0.1, -0.05) is 11.6 Å². The van der Waals surface area contributed by atoms with Crippen LogP contribution >= 0.6 is 22.9 Å². The Hall–Kier alpha value is -1.45.